The number of nitrogens with zero attached hydrogens (tertiary/aromatic N) is 4. The van der Waals surface area contributed by atoms with Crippen LogP contribution >= 0.6 is 0 Å². The Morgan fingerprint density at radius 1 is 0.384 bits per heavy atom. The van der Waals surface area contributed by atoms with Gasteiger partial charge in [0.15, 0.2) is 5.41 Å². The molecule has 4 heterocycles. The van der Waals surface area contributed by atoms with Crippen LogP contribution in [0.3, 0.4) is 0 Å². The number of ether oxygens (including phenoxy) is 2. The lowest BCUT2D eigenvalue weighted by Crippen LogP contribution is -2.61. The molecule has 4 aliphatic heterocycles. The summed E-state index contributed by atoms with van der Waals surface area (Å²) in [7, 11) is 0. The van der Waals surface area contributed by atoms with Crippen molar-refractivity contribution in [2.24, 2.45) is 40.9 Å². The van der Waals surface area contributed by atoms with Gasteiger partial charge in [0.25, 0.3) is 23.6 Å². The molecule has 6 atom stereocenters. The zero-order valence-electron chi connectivity index (χ0n) is 41.4. The fourth-order valence-corrected chi connectivity index (χ4v) is 15.6. The Kier molecular flexibility index (Phi) is 14.0. The molecule has 8 amide bonds. The molecule has 10 rings (SSSR count). The molecule has 2 saturated heterocycles. The highest BCUT2D eigenvalue weighted by molar-refractivity contribution is 6.16. The fraction of sp³-hybridized carbons (Fsp3) is 0.774. The fourth-order valence-electron chi connectivity index (χ4n) is 15.6. The third-order valence-corrected chi connectivity index (χ3v) is 19.2. The smallest absolute Gasteiger partial charge is 0.375 e. The summed E-state index contributed by atoms with van der Waals surface area (Å²) in [5.74, 6) is -12.7. The zero-order chi connectivity index (χ0) is 52.1. The van der Waals surface area contributed by atoms with Crippen molar-refractivity contribution in [3.63, 3.8) is 0 Å². The van der Waals surface area contributed by atoms with Gasteiger partial charge in [-0.2, -0.15) is 26.3 Å². The van der Waals surface area contributed by atoms with E-state index in [1.165, 1.54) is 22.0 Å². The molecule has 73 heavy (non-hydrogen) atoms. The van der Waals surface area contributed by atoms with Gasteiger partial charge in [-0.25, -0.2) is 0 Å². The molecule has 8 fully saturated rings. The maximum Gasteiger partial charge on any atom is 0.403 e. The van der Waals surface area contributed by atoms with Gasteiger partial charge in [0.1, 0.15) is 0 Å². The molecule has 0 aromatic carbocycles. The van der Waals surface area contributed by atoms with Gasteiger partial charge in [-0.1, -0.05) is 0 Å². The minimum absolute atomic E-state index is 0.110. The van der Waals surface area contributed by atoms with Crippen LogP contribution in [0.15, 0.2) is 23.3 Å². The second-order valence-corrected chi connectivity index (χ2v) is 23.1. The van der Waals surface area contributed by atoms with Gasteiger partial charge < -0.3 is 9.47 Å². The number of likely N-dealkylation sites (tertiary alicyclic amines) is 2. The number of rotatable bonds is 10. The first-order valence-corrected chi connectivity index (χ1v) is 26.9. The minimum Gasteiger partial charge on any atom is -0.375 e. The van der Waals surface area contributed by atoms with Crippen LogP contribution in [0.25, 0.3) is 0 Å². The van der Waals surface area contributed by atoms with Crippen molar-refractivity contribution < 1.29 is 74.2 Å². The van der Waals surface area contributed by atoms with E-state index in [0.717, 1.165) is 9.80 Å². The topological polar surface area (TPSA) is 168 Å². The lowest BCUT2D eigenvalue weighted by atomic mass is 9.54. The van der Waals surface area contributed by atoms with Crippen LogP contribution in [-0.2, 0) is 47.8 Å². The molecule has 0 radical (unpaired) electrons. The van der Waals surface area contributed by atoms with Crippen molar-refractivity contribution >= 4 is 47.3 Å². The maximum atomic E-state index is 15.8. The Morgan fingerprint density at radius 3 is 0.918 bits per heavy atom. The van der Waals surface area contributed by atoms with E-state index in [0.29, 0.717) is 114 Å². The molecule has 6 aliphatic carbocycles. The number of carbonyl (C=O) groups excluding carboxylic acids is 8. The molecule has 0 bridgehead atoms. The lowest BCUT2D eigenvalue weighted by molar-refractivity contribution is -0.383. The third-order valence-electron chi connectivity index (χ3n) is 19.2. The molecule has 0 aromatic rings. The van der Waals surface area contributed by atoms with E-state index in [2.05, 4.69) is 0 Å². The number of carbonyl (C=O) groups is 8. The second kappa shape index (κ2) is 19.6. The van der Waals surface area contributed by atoms with Crippen molar-refractivity contribution in [1.29, 1.82) is 0 Å². The molecule has 20 heteroatoms. The summed E-state index contributed by atoms with van der Waals surface area (Å²) in [6.45, 7) is 3.23. The van der Waals surface area contributed by atoms with Crippen LogP contribution in [-0.4, -0.2) is 128 Å². The largest absolute Gasteiger partial charge is 0.403 e. The molecular formula is C53H66F6N4O10. The van der Waals surface area contributed by atoms with Crippen LogP contribution in [0.2, 0.25) is 0 Å². The normalized spacial score (nSPS) is 38.1. The summed E-state index contributed by atoms with van der Waals surface area (Å²) in [4.78, 5) is 111. The molecule has 0 aromatic heterocycles. The average Bonchev–Trinajstić information content (AvgIpc) is 3.95. The molecule has 0 N–H and O–H groups in total. The Labute approximate surface area is 420 Å². The van der Waals surface area contributed by atoms with Crippen molar-refractivity contribution in [2.45, 2.75) is 216 Å². The monoisotopic (exact) mass is 1030 g/mol. The second-order valence-electron chi connectivity index (χ2n) is 23.1. The van der Waals surface area contributed by atoms with Crippen LogP contribution in [0.4, 0.5) is 26.3 Å². The summed E-state index contributed by atoms with van der Waals surface area (Å²) in [6, 6.07) is -1.55. The van der Waals surface area contributed by atoms with Gasteiger partial charge in [-0.05, 0) is 167 Å². The average molecular weight is 1030 g/mol. The first-order valence-electron chi connectivity index (χ1n) is 26.9. The van der Waals surface area contributed by atoms with Crippen LogP contribution in [0.5, 0.6) is 0 Å². The van der Waals surface area contributed by atoms with Crippen LogP contribution in [0, 0.1) is 40.9 Å². The van der Waals surface area contributed by atoms with Gasteiger partial charge >= 0.3 is 12.4 Å². The van der Waals surface area contributed by atoms with Crippen molar-refractivity contribution in [3.8, 4) is 0 Å². The van der Waals surface area contributed by atoms with Crippen LogP contribution in [0.1, 0.15) is 155 Å². The number of amides is 8. The minimum atomic E-state index is -5.83. The number of hydrogen-bond donors (Lipinski definition) is 0. The predicted molar refractivity (Wildman–Crippen MR) is 244 cm³/mol. The maximum absolute atomic E-state index is 15.8. The summed E-state index contributed by atoms with van der Waals surface area (Å²) in [5, 5.41) is 0. The molecule has 14 nitrogen and oxygen atoms in total. The molecule has 10 aliphatic rings. The summed E-state index contributed by atoms with van der Waals surface area (Å²) in [6.07, 6.45) is -4.55. The Hall–Kier alpha value is -4.46. The number of alkyl halides is 6. The van der Waals surface area contributed by atoms with E-state index in [4.69, 9.17) is 9.47 Å². The number of halogens is 6. The summed E-state index contributed by atoms with van der Waals surface area (Å²) in [5.41, 5.74) is -3.46. The van der Waals surface area contributed by atoms with Crippen molar-refractivity contribution in [1.82, 2.24) is 19.6 Å². The number of fused-ring (bicyclic) bond motifs is 2. The van der Waals surface area contributed by atoms with Gasteiger partial charge in [-0.15, -0.1) is 0 Å². The van der Waals surface area contributed by atoms with E-state index >= 15 is 26.3 Å². The van der Waals surface area contributed by atoms with Gasteiger partial charge in [0.05, 0.1) is 48.1 Å². The first kappa shape index (κ1) is 52.0. The van der Waals surface area contributed by atoms with Crippen LogP contribution < -0.4 is 0 Å². The summed E-state index contributed by atoms with van der Waals surface area (Å²) >= 11 is 0. The number of hydrogen-bond acceptors (Lipinski definition) is 10. The standard InChI is InChI=1S/C53H66F6N4O10/c1-27-23-43(64)60(45(27)66)31-5-13-35(14-6-31)72-37-17-9-33(10-18-37)62-47(68)39-21-3-29(25-41(39)49(62)70)51(52(54,55)56,53(57,58)59)30-4-22-40-42(26-30)50(71)63(48(40)69)34-11-19-38(20-12-34)73-36-15-7-32(8-16-36)61-44(65)24-28(2)46(61)67/h23-24,29-42H,3-22,25-26H2,1-2H3. The highest BCUT2D eigenvalue weighted by atomic mass is 19.4. The highest BCUT2D eigenvalue weighted by Gasteiger charge is 2.78. The lowest BCUT2D eigenvalue weighted by Gasteiger charge is -2.52. The predicted octanol–water partition coefficient (Wildman–Crippen LogP) is 7.81. The van der Waals surface area contributed by atoms with E-state index in [1.54, 1.807) is 13.8 Å². The SMILES string of the molecule is CC1=CC(=O)N(C2CCC(OC3CCC(N4C(=O)C5CCC(C(C6CCC7C(=O)N(C8CCC(OC9CCC(N%10C(=O)C=C(C)C%10=O)CC9)CC8)C(=O)C7C6)(C(F)(F)F)C(F)(F)F)CC5C4=O)CC3)CC2)C1=O. The molecule has 0 spiro atoms. The first-order chi connectivity index (χ1) is 34.6. The Balaban J connectivity index is 0.741. The summed E-state index contributed by atoms with van der Waals surface area (Å²) < 4.78 is 107. The third kappa shape index (κ3) is 9.00. The highest BCUT2D eigenvalue weighted by Crippen LogP contribution is 2.67. The van der Waals surface area contributed by atoms with Gasteiger partial charge in [0, 0.05) is 47.5 Å². The Bertz CT molecular complexity index is 2180. The van der Waals surface area contributed by atoms with Gasteiger partial charge in [0.2, 0.25) is 23.6 Å². The van der Waals surface area contributed by atoms with Gasteiger partial charge in [-0.3, -0.25) is 58.0 Å². The van der Waals surface area contributed by atoms with E-state index in [-0.39, 0.29) is 73.0 Å². The van der Waals surface area contributed by atoms with Crippen molar-refractivity contribution in [3.05, 3.63) is 23.3 Å². The molecule has 6 saturated carbocycles. The molecule has 400 valence electrons. The quantitative estimate of drug-likeness (QED) is 0.156. The van der Waals surface area contributed by atoms with E-state index < -0.39 is 115 Å². The van der Waals surface area contributed by atoms with Crippen molar-refractivity contribution in [2.75, 3.05) is 0 Å². The van der Waals surface area contributed by atoms with E-state index in [9.17, 15) is 38.4 Å². The number of imide groups is 4. The Morgan fingerprint density at radius 2 is 0.658 bits per heavy atom. The molecule has 6 unspecified atom stereocenters. The molecular weight excluding hydrogens is 967 g/mol. The zero-order valence-corrected chi connectivity index (χ0v) is 41.4. The van der Waals surface area contributed by atoms with E-state index in [1.807, 2.05) is 0 Å².